The second-order valence-electron chi connectivity index (χ2n) is 4.34. The van der Waals surface area contributed by atoms with Gasteiger partial charge in [0.25, 0.3) is 0 Å². The Balaban J connectivity index is 2.16. The average Bonchev–Trinajstić information content (AvgIpc) is 2.49. The number of phenols is 1. The Kier molecular flexibility index (Phi) is 3.45. The zero-order chi connectivity index (χ0) is 14.8. The highest BCUT2D eigenvalue weighted by molar-refractivity contribution is 7.99. The van der Waals surface area contributed by atoms with Gasteiger partial charge in [-0.2, -0.15) is 0 Å². The predicted octanol–water partition coefficient (Wildman–Crippen LogP) is 4.00. The van der Waals surface area contributed by atoms with Gasteiger partial charge in [-0.25, -0.2) is 4.98 Å². The number of phenolic OH excluding ortho intramolecular Hbond substituents is 1. The minimum absolute atomic E-state index is 0.0215. The Hall–Kier alpha value is -2.60. The molecule has 0 atom stereocenters. The molecule has 0 bridgehead atoms. The van der Waals surface area contributed by atoms with Crippen molar-refractivity contribution >= 4 is 28.4 Å². The second-order valence-corrected chi connectivity index (χ2v) is 5.43. The van der Waals surface area contributed by atoms with Gasteiger partial charge in [0.05, 0.1) is 10.4 Å². The highest BCUT2D eigenvalue weighted by Crippen LogP contribution is 2.39. The molecule has 1 aromatic heterocycles. The summed E-state index contributed by atoms with van der Waals surface area (Å²) in [5.74, 6) is 0.161. The van der Waals surface area contributed by atoms with Crippen molar-refractivity contribution in [3.63, 3.8) is 0 Å². The monoisotopic (exact) mass is 298 g/mol. The SMILES string of the molecule is O=[N+]([O-])c1cnc2ccccc2c1Sc1ccc(O)cc1. The summed E-state index contributed by atoms with van der Waals surface area (Å²) in [6.07, 6.45) is 1.28. The summed E-state index contributed by atoms with van der Waals surface area (Å²) in [7, 11) is 0. The number of benzene rings is 2. The normalized spacial score (nSPS) is 10.7. The van der Waals surface area contributed by atoms with Crippen LogP contribution in [0.1, 0.15) is 0 Å². The van der Waals surface area contributed by atoms with Crippen LogP contribution >= 0.6 is 11.8 Å². The van der Waals surface area contributed by atoms with Crippen LogP contribution in [0.5, 0.6) is 5.75 Å². The highest BCUT2D eigenvalue weighted by Gasteiger charge is 2.18. The van der Waals surface area contributed by atoms with E-state index in [-0.39, 0.29) is 11.4 Å². The first-order valence-electron chi connectivity index (χ1n) is 6.14. The number of aromatic hydroxyl groups is 1. The van der Waals surface area contributed by atoms with E-state index in [9.17, 15) is 15.2 Å². The number of hydrogen-bond acceptors (Lipinski definition) is 5. The number of aromatic nitrogens is 1. The van der Waals surface area contributed by atoms with Gasteiger partial charge in [-0.3, -0.25) is 10.1 Å². The Morgan fingerprint density at radius 3 is 2.52 bits per heavy atom. The third kappa shape index (κ3) is 2.66. The second kappa shape index (κ2) is 5.41. The molecule has 21 heavy (non-hydrogen) atoms. The lowest BCUT2D eigenvalue weighted by atomic mass is 10.2. The summed E-state index contributed by atoms with van der Waals surface area (Å²) in [4.78, 5) is 16.3. The van der Waals surface area contributed by atoms with E-state index in [0.717, 1.165) is 10.3 Å². The molecule has 1 N–H and O–H groups in total. The molecule has 0 amide bonds. The molecule has 3 rings (SSSR count). The van der Waals surface area contributed by atoms with Crippen LogP contribution in [0.25, 0.3) is 10.9 Å². The van der Waals surface area contributed by atoms with Gasteiger partial charge in [0.15, 0.2) is 0 Å². The van der Waals surface area contributed by atoms with Gasteiger partial charge in [0.1, 0.15) is 16.8 Å². The van der Waals surface area contributed by atoms with E-state index in [0.29, 0.717) is 10.4 Å². The van der Waals surface area contributed by atoms with Gasteiger partial charge in [0.2, 0.25) is 0 Å². The topological polar surface area (TPSA) is 76.3 Å². The van der Waals surface area contributed by atoms with Gasteiger partial charge in [-0.05, 0) is 30.3 Å². The molecule has 0 aliphatic heterocycles. The molecule has 3 aromatic rings. The van der Waals surface area contributed by atoms with Crippen LogP contribution in [-0.2, 0) is 0 Å². The van der Waals surface area contributed by atoms with E-state index in [2.05, 4.69) is 4.98 Å². The summed E-state index contributed by atoms with van der Waals surface area (Å²) in [5.41, 5.74) is 0.691. The summed E-state index contributed by atoms with van der Waals surface area (Å²) < 4.78 is 0. The maximum absolute atomic E-state index is 11.2. The molecular weight excluding hydrogens is 288 g/mol. The molecular formula is C15H10N2O3S. The fourth-order valence-electron chi connectivity index (χ4n) is 1.97. The van der Waals surface area contributed by atoms with E-state index in [4.69, 9.17) is 0 Å². The van der Waals surface area contributed by atoms with Crippen molar-refractivity contribution in [1.29, 1.82) is 0 Å². The quantitative estimate of drug-likeness (QED) is 0.584. The molecule has 0 aliphatic carbocycles. The standard InChI is InChI=1S/C15H10N2O3S/c18-10-5-7-11(8-6-10)21-15-12-3-1-2-4-13(12)16-9-14(15)17(19)20/h1-9,18H. The molecule has 2 aromatic carbocycles. The largest absolute Gasteiger partial charge is 0.508 e. The molecule has 0 unspecified atom stereocenters. The number of rotatable bonds is 3. The fourth-order valence-corrected chi connectivity index (χ4v) is 3.00. The van der Waals surface area contributed by atoms with Crippen molar-refractivity contribution in [3.05, 3.63) is 64.8 Å². The number of nitrogens with zero attached hydrogens (tertiary/aromatic N) is 2. The van der Waals surface area contributed by atoms with E-state index < -0.39 is 4.92 Å². The van der Waals surface area contributed by atoms with E-state index in [1.165, 1.54) is 18.0 Å². The number of fused-ring (bicyclic) bond motifs is 1. The van der Waals surface area contributed by atoms with Gasteiger partial charge < -0.3 is 5.11 Å². The molecule has 0 radical (unpaired) electrons. The minimum Gasteiger partial charge on any atom is -0.508 e. The zero-order valence-electron chi connectivity index (χ0n) is 10.8. The van der Waals surface area contributed by atoms with E-state index in [1.54, 1.807) is 24.3 Å². The van der Waals surface area contributed by atoms with Gasteiger partial charge >= 0.3 is 5.69 Å². The summed E-state index contributed by atoms with van der Waals surface area (Å²) in [6, 6.07) is 13.9. The first-order valence-corrected chi connectivity index (χ1v) is 6.96. The Bertz CT molecular complexity index is 819. The Morgan fingerprint density at radius 2 is 1.81 bits per heavy atom. The highest BCUT2D eigenvalue weighted by atomic mass is 32.2. The van der Waals surface area contributed by atoms with E-state index in [1.807, 2.05) is 24.3 Å². The van der Waals surface area contributed by atoms with Crippen LogP contribution in [0.2, 0.25) is 0 Å². The van der Waals surface area contributed by atoms with Gasteiger partial charge in [-0.1, -0.05) is 30.0 Å². The van der Waals surface area contributed by atoms with Crippen molar-refractivity contribution in [2.75, 3.05) is 0 Å². The molecule has 0 aliphatic rings. The van der Waals surface area contributed by atoms with E-state index >= 15 is 0 Å². The zero-order valence-corrected chi connectivity index (χ0v) is 11.6. The summed E-state index contributed by atoms with van der Waals surface area (Å²) in [5, 5.41) is 21.3. The van der Waals surface area contributed by atoms with Gasteiger partial charge in [0, 0.05) is 10.3 Å². The molecule has 6 heteroatoms. The van der Waals surface area contributed by atoms with Crippen molar-refractivity contribution in [2.45, 2.75) is 9.79 Å². The first-order chi connectivity index (χ1) is 10.1. The minimum atomic E-state index is -0.428. The van der Waals surface area contributed by atoms with Crippen LogP contribution in [0, 0.1) is 10.1 Å². The third-order valence-electron chi connectivity index (χ3n) is 2.96. The lowest BCUT2D eigenvalue weighted by Crippen LogP contribution is -1.93. The number of pyridine rings is 1. The molecule has 0 fully saturated rings. The molecule has 104 valence electrons. The van der Waals surface area contributed by atoms with Crippen LogP contribution < -0.4 is 0 Å². The predicted molar refractivity (Wildman–Crippen MR) is 80.6 cm³/mol. The van der Waals surface area contributed by atoms with Gasteiger partial charge in [-0.15, -0.1) is 0 Å². The average molecular weight is 298 g/mol. The van der Waals surface area contributed by atoms with Crippen LogP contribution in [0.3, 0.4) is 0 Å². The maximum atomic E-state index is 11.2. The van der Waals surface area contributed by atoms with Crippen molar-refractivity contribution < 1.29 is 10.0 Å². The molecule has 5 nitrogen and oxygen atoms in total. The smallest absolute Gasteiger partial charge is 0.302 e. The molecule has 1 heterocycles. The van der Waals surface area contributed by atoms with Crippen LogP contribution in [-0.4, -0.2) is 15.0 Å². The lowest BCUT2D eigenvalue weighted by molar-refractivity contribution is -0.387. The molecule has 0 spiro atoms. The fraction of sp³-hybridized carbons (Fsp3) is 0. The van der Waals surface area contributed by atoms with Crippen molar-refractivity contribution in [3.8, 4) is 5.75 Å². The number of hydrogen-bond donors (Lipinski definition) is 1. The van der Waals surface area contributed by atoms with Crippen LogP contribution in [0.15, 0.2) is 64.5 Å². The first kappa shape index (κ1) is 13.4. The molecule has 0 saturated heterocycles. The van der Waals surface area contributed by atoms with Crippen molar-refractivity contribution in [2.24, 2.45) is 0 Å². The third-order valence-corrected chi connectivity index (χ3v) is 4.10. The van der Waals surface area contributed by atoms with Crippen molar-refractivity contribution in [1.82, 2.24) is 4.98 Å². The Morgan fingerprint density at radius 1 is 1.10 bits per heavy atom. The summed E-state index contributed by atoms with van der Waals surface area (Å²) in [6.45, 7) is 0. The summed E-state index contributed by atoms with van der Waals surface area (Å²) >= 11 is 1.29. The molecule has 0 saturated carbocycles. The Labute approximate surface area is 124 Å². The number of nitro groups is 1. The lowest BCUT2D eigenvalue weighted by Gasteiger charge is -2.07. The van der Waals surface area contributed by atoms with Crippen LogP contribution in [0.4, 0.5) is 5.69 Å². The number of para-hydroxylation sites is 1. The maximum Gasteiger partial charge on any atom is 0.302 e.